The molecule has 0 radical (unpaired) electrons. The molecule has 0 bridgehead atoms. The van der Waals surface area contributed by atoms with E-state index in [-0.39, 0.29) is 17.0 Å². The number of hydrogen-bond acceptors (Lipinski definition) is 2. The smallest absolute Gasteiger partial charge is 0.207 e. The van der Waals surface area contributed by atoms with Crippen LogP contribution in [0.3, 0.4) is 0 Å². The molecule has 3 nitrogen and oxygen atoms in total. The first-order chi connectivity index (χ1) is 11.9. The minimum absolute atomic E-state index is 0.115. The fraction of sp³-hybridized carbons (Fsp3) is 0.300. The maximum atomic E-state index is 13.1. The van der Waals surface area contributed by atoms with Crippen molar-refractivity contribution in [3.05, 3.63) is 71.3 Å². The Kier molecular flexibility index (Phi) is 6.82. The lowest BCUT2D eigenvalue weighted by molar-refractivity contribution is 0.300. The summed E-state index contributed by atoms with van der Waals surface area (Å²) in [5.41, 5.74) is 1.04. The normalized spacial score (nSPS) is 14.8. The number of nitrogens with zero attached hydrogens (tertiary/aromatic N) is 1. The molecule has 0 saturated heterocycles. The van der Waals surface area contributed by atoms with Gasteiger partial charge < -0.3 is 0 Å². The number of sulfonamides is 1. The standard InChI is InChI=1S/C20H24ClNO2S/c1-4-16(2)22(17(3)10-11-18-8-6-5-7-9-18)25(23,24)20-14-12-19(21)13-15-20/h5-17H,4H2,1-3H3/t16?,17-/m1/s1. The quantitative estimate of drug-likeness (QED) is 0.662. The third-order valence-electron chi connectivity index (χ3n) is 4.18. The van der Waals surface area contributed by atoms with Crippen LogP contribution < -0.4 is 0 Å². The molecule has 134 valence electrons. The van der Waals surface area contributed by atoms with Crippen LogP contribution in [0.15, 0.2) is 65.6 Å². The molecule has 0 heterocycles. The van der Waals surface area contributed by atoms with Gasteiger partial charge in [-0.05, 0) is 50.1 Å². The highest BCUT2D eigenvalue weighted by Crippen LogP contribution is 2.24. The Balaban J connectivity index is 2.35. The highest BCUT2D eigenvalue weighted by Gasteiger charge is 2.31. The van der Waals surface area contributed by atoms with Crippen LogP contribution >= 0.6 is 11.6 Å². The Morgan fingerprint density at radius 1 is 1.04 bits per heavy atom. The minimum atomic E-state index is -3.61. The molecule has 0 fully saturated rings. The molecule has 0 spiro atoms. The summed E-state index contributed by atoms with van der Waals surface area (Å²) in [6.07, 6.45) is 4.61. The summed E-state index contributed by atoms with van der Waals surface area (Å²) in [4.78, 5) is 0.261. The molecule has 0 aliphatic heterocycles. The average molecular weight is 378 g/mol. The molecule has 0 aromatic heterocycles. The van der Waals surface area contributed by atoms with Crippen molar-refractivity contribution in [1.82, 2.24) is 4.31 Å². The van der Waals surface area contributed by atoms with E-state index in [4.69, 9.17) is 11.6 Å². The lowest BCUT2D eigenvalue weighted by Crippen LogP contribution is -2.43. The summed E-state index contributed by atoms with van der Waals surface area (Å²) < 4.78 is 27.9. The lowest BCUT2D eigenvalue weighted by Gasteiger charge is -2.31. The number of rotatable bonds is 7. The van der Waals surface area contributed by atoms with Crippen molar-refractivity contribution in [1.29, 1.82) is 0 Å². The van der Waals surface area contributed by atoms with Crippen LogP contribution in [0.5, 0.6) is 0 Å². The van der Waals surface area contributed by atoms with Crippen LogP contribution in [0, 0.1) is 0 Å². The van der Waals surface area contributed by atoms with Crippen LogP contribution in [-0.4, -0.2) is 24.8 Å². The fourth-order valence-corrected chi connectivity index (χ4v) is 4.65. The highest BCUT2D eigenvalue weighted by atomic mass is 35.5. The zero-order chi connectivity index (χ0) is 18.4. The summed E-state index contributed by atoms with van der Waals surface area (Å²) >= 11 is 5.89. The molecule has 0 aliphatic rings. The highest BCUT2D eigenvalue weighted by molar-refractivity contribution is 7.89. The molecule has 2 atom stereocenters. The van der Waals surface area contributed by atoms with Crippen molar-refractivity contribution in [3.63, 3.8) is 0 Å². The van der Waals surface area contributed by atoms with Crippen LogP contribution in [0.2, 0.25) is 5.02 Å². The largest absolute Gasteiger partial charge is 0.243 e. The van der Waals surface area contributed by atoms with Crippen LogP contribution in [0.1, 0.15) is 32.8 Å². The van der Waals surface area contributed by atoms with Crippen molar-refractivity contribution in [2.45, 2.75) is 44.2 Å². The summed E-state index contributed by atoms with van der Waals surface area (Å²) in [5, 5.41) is 0.520. The Morgan fingerprint density at radius 3 is 2.20 bits per heavy atom. The zero-order valence-electron chi connectivity index (χ0n) is 14.8. The van der Waals surface area contributed by atoms with Crippen molar-refractivity contribution in [3.8, 4) is 0 Å². The number of hydrogen-bond donors (Lipinski definition) is 0. The Labute approximate surface area is 156 Å². The van der Waals surface area contributed by atoms with E-state index >= 15 is 0 Å². The Bertz CT molecular complexity index is 801. The van der Waals surface area contributed by atoms with E-state index in [1.54, 1.807) is 28.6 Å². The van der Waals surface area contributed by atoms with Crippen LogP contribution in [-0.2, 0) is 10.0 Å². The lowest BCUT2D eigenvalue weighted by atomic mass is 10.1. The molecule has 5 heteroatoms. The predicted molar refractivity (Wildman–Crippen MR) is 105 cm³/mol. The van der Waals surface area contributed by atoms with Gasteiger partial charge in [0, 0.05) is 17.1 Å². The molecule has 2 aromatic carbocycles. The summed E-state index contributed by atoms with van der Waals surface area (Å²) in [5.74, 6) is 0. The van der Waals surface area contributed by atoms with Gasteiger partial charge in [-0.2, -0.15) is 4.31 Å². The third kappa shape index (κ3) is 4.94. The first-order valence-corrected chi connectivity index (χ1v) is 10.2. The van der Waals surface area contributed by atoms with Crippen LogP contribution in [0.25, 0.3) is 6.08 Å². The van der Waals surface area contributed by atoms with E-state index in [9.17, 15) is 8.42 Å². The van der Waals surface area contributed by atoms with E-state index in [0.717, 1.165) is 12.0 Å². The molecule has 0 N–H and O–H groups in total. The topological polar surface area (TPSA) is 37.4 Å². The fourth-order valence-electron chi connectivity index (χ4n) is 2.66. The first kappa shape index (κ1) is 19.7. The Morgan fingerprint density at radius 2 is 1.64 bits per heavy atom. The molecule has 1 unspecified atom stereocenters. The second-order valence-corrected chi connectivity index (χ2v) is 8.34. The van der Waals surface area contributed by atoms with E-state index in [1.807, 2.05) is 63.3 Å². The molecular formula is C20H24ClNO2S. The number of halogens is 1. The van der Waals surface area contributed by atoms with Gasteiger partial charge in [0.1, 0.15) is 0 Å². The zero-order valence-corrected chi connectivity index (χ0v) is 16.3. The molecule has 2 aromatic rings. The van der Waals surface area contributed by atoms with Gasteiger partial charge in [-0.15, -0.1) is 0 Å². The summed E-state index contributed by atoms with van der Waals surface area (Å²) in [6, 6.07) is 15.8. The summed E-state index contributed by atoms with van der Waals surface area (Å²) in [7, 11) is -3.61. The molecule has 0 aliphatic carbocycles. The van der Waals surface area contributed by atoms with Crippen molar-refractivity contribution in [2.75, 3.05) is 0 Å². The van der Waals surface area contributed by atoms with Gasteiger partial charge in [0.25, 0.3) is 0 Å². The van der Waals surface area contributed by atoms with Gasteiger partial charge in [0.15, 0.2) is 0 Å². The van der Waals surface area contributed by atoms with Crippen molar-refractivity contribution >= 4 is 27.7 Å². The monoisotopic (exact) mass is 377 g/mol. The van der Waals surface area contributed by atoms with Gasteiger partial charge in [-0.25, -0.2) is 8.42 Å². The maximum absolute atomic E-state index is 13.1. The van der Waals surface area contributed by atoms with Gasteiger partial charge >= 0.3 is 0 Å². The number of benzene rings is 2. The SMILES string of the molecule is CCC(C)N([C@H](C)C=Cc1ccccc1)S(=O)(=O)c1ccc(Cl)cc1. The van der Waals surface area contributed by atoms with E-state index in [0.29, 0.717) is 5.02 Å². The Hall–Kier alpha value is -1.62. The third-order valence-corrected chi connectivity index (χ3v) is 6.55. The molecular weight excluding hydrogens is 354 g/mol. The van der Waals surface area contributed by atoms with Gasteiger partial charge in [0.05, 0.1) is 4.90 Å². The average Bonchev–Trinajstić information content (AvgIpc) is 2.61. The summed E-state index contributed by atoms with van der Waals surface area (Å²) in [6.45, 7) is 5.82. The molecule has 2 rings (SSSR count). The van der Waals surface area contributed by atoms with E-state index < -0.39 is 10.0 Å². The maximum Gasteiger partial charge on any atom is 0.243 e. The second kappa shape index (κ2) is 8.65. The predicted octanol–water partition coefficient (Wildman–Crippen LogP) is 5.23. The minimum Gasteiger partial charge on any atom is -0.207 e. The first-order valence-electron chi connectivity index (χ1n) is 8.38. The van der Waals surface area contributed by atoms with Crippen LogP contribution in [0.4, 0.5) is 0 Å². The molecule has 0 saturated carbocycles. The van der Waals surface area contributed by atoms with Gasteiger partial charge in [0.2, 0.25) is 10.0 Å². The second-order valence-electron chi connectivity index (χ2n) is 6.06. The van der Waals surface area contributed by atoms with Gasteiger partial charge in [-0.1, -0.05) is 61.0 Å². The van der Waals surface area contributed by atoms with Crippen molar-refractivity contribution in [2.24, 2.45) is 0 Å². The van der Waals surface area contributed by atoms with Gasteiger partial charge in [-0.3, -0.25) is 0 Å². The van der Waals surface area contributed by atoms with E-state index in [1.165, 1.54) is 0 Å². The van der Waals surface area contributed by atoms with Crippen molar-refractivity contribution < 1.29 is 8.42 Å². The van der Waals surface area contributed by atoms with E-state index in [2.05, 4.69) is 0 Å². The molecule has 0 amide bonds. The molecule has 25 heavy (non-hydrogen) atoms.